The fraction of sp³-hybridized carbons (Fsp3) is 0.545. The second-order valence-electron chi connectivity index (χ2n) is 3.68. The topological polar surface area (TPSA) is 129 Å². The summed E-state index contributed by atoms with van der Waals surface area (Å²) in [4.78, 5) is 29.8. The van der Waals surface area contributed by atoms with Crippen LogP contribution in [0.25, 0.3) is 0 Å². The van der Waals surface area contributed by atoms with Crippen LogP contribution in [0.2, 0.25) is 0 Å². The zero-order chi connectivity index (χ0) is 15.5. The van der Waals surface area contributed by atoms with Gasteiger partial charge in [-0.1, -0.05) is 6.92 Å². The second kappa shape index (κ2) is 9.48. The van der Waals surface area contributed by atoms with Crippen molar-refractivity contribution in [2.75, 3.05) is 13.7 Å². The molecule has 0 radical (unpaired) electrons. The Morgan fingerprint density at radius 1 is 1.60 bits per heavy atom. The van der Waals surface area contributed by atoms with Crippen LogP contribution in [0.1, 0.15) is 19.8 Å². The summed E-state index contributed by atoms with van der Waals surface area (Å²) >= 11 is 0. The lowest BCUT2D eigenvalue weighted by molar-refractivity contribution is -0.415. The SMILES string of the molecule is C=NOC(CC)CC(=O)OC/C(N)=C(\C=NC)[N+](=O)[O-]. The van der Waals surface area contributed by atoms with E-state index in [1.807, 2.05) is 0 Å². The molecule has 1 unspecified atom stereocenters. The Morgan fingerprint density at radius 3 is 2.70 bits per heavy atom. The number of allylic oxidation sites excluding steroid dienone is 1. The van der Waals surface area contributed by atoms with Crippen molar-refractivity contribution >= 4 is 18.9 Å². The molecule has 0 spiro atoms. The number of hydrogen-bond donors (Lipinski definition) is 1. The number of esters is 1. The number of nitrogens with two attached hydrogens (primary N) is 1. The molecule has 9 nitrogen and oxygen atoms in total. The molecule has 20 heavy (non-hydrogen) atoms. The van der Waals surface area contributed by atoms with E-state index in [4.69, 9.17) is 15.3 Å². The van der Waals surface area contributed by atoms with Gasteiger partial charge in [0.1, 0.15) is 24.6 Å². The Labute approximate surface area is 116 Å². The van der Waals surface area contributed by atoms with Crippen LogP contribution >= 0.6 is 0 Å². The second-order valence-corrected chi connectivity index (χ2v) is 3.68. The fourth-order valence-electron chi connectivity index (χ4n) is 1.21. The third kappa shape index (κ3) is 6.47. The molecule has 0 aliphatic heterocycles. The zero-order valence-corrected chi connectivity index (χ0v) is 11.4. The first kappa shape index (κ1) is 17.6. The Balaban J connectivity index is 4.52. The van der Waals surface area contributed by atoms with Gasteiger partial charge in [-0.2, -0.15) is 0 Å². The van der Waals surface area contributed by atoms with Gasteiger partial charge in [-0.05, 0) is 6.42 Å². The summed E-state index contributed by atoms with van der Waals surface area (Å²) in [5, 5.41) is 13.9. The fourth-order valence-corrected chi connectivity index (χ4v) is 1.21. The number of aliphatic imine (C=N–C) groups is 1. The van der Waals surface area contributed by atoms with Crippen LogP contribution < -0.4 is 5.73 Å². The maximum Gasteiger partial charge on any atom is 0.310 e. The van der Waals surface area contributed by atoms with Crippen molar-refractivity contribution in [3.05, 3.63) is 21.5 Å². The summed E-state index contributed by atoms with van der Waals surface area (Å²) in [5.74, 6) is -0.598. The minimum atomic E-state index is -0.699. The Kier molecular flexibility index (Phi) is 8.32. The molecular formula is C11H18N4O5. The molecule has 0 saturated carbocycles. The van der Waals surface area contributed by atoms with Gasteiger partial charge in [-0.15, -0.1) is 5.16 Å². The molecule has 112 valence electrons. The molecule has 0 fully saturated rings. The lowest BCUT2D eigenvalue weighted by Gasteiger charge is -2.11. The minimum Gasteiger partial charge on any atom is -0.459 e. The Bertz CT molecular complexity index is 419. The number of hydrogen-bond acceptors (Lipinski definition) is 8. The van der Waals surface area contributed by atoms with Gasteiger partial charge < -0.3 is 15.3 Å². The Morgan fingerprint density at radius 2 is 2.25 bits per heavy atom. The molecule has 0 aromatic carbocycles. The summed E-state index contributed by atoms with van der Waals surface area (Å²) < 4.78 is 4.83. The molecule has 0 bridgehead atoms. The number of carbonyl (C=O) groups excluding carboxylic acids is 1. The van der Waals surface area contributed by atoms with Crippen molar-refractivity contribution in [1.82, 2.24) is 0 Å². The number of carbonyl (C=O) groups is 1. The smallest absolute Gasteiger partial charge is 0.310 e. The summed E-state index contributed by atoms with van der Waals surface area (Å²) in [5.41, 5.74) is 4.89. The van der Waals surface area contributed by atoms with Crippen LogP contribution in [0.15, 0.2) is 21.5 Å². The predicted octanol–water partition coefficient (Wildman–Crippen LogP) is 0.478. The van der Waals surface area contributed by atoms with Gasteiger partial charge in [0.05, 0.1) is 11.3 Å². The molecule has 0 heterocycles. The maximum atomic E-state index is 11.5. The van der Waals surface area contributed by atoms with Crippen molar-refractivity contribution in [3.8, 4) is 0 Å². The summed E-state index contributed by atoms with van der Waals surface area (Å²) in [6.07, 6.45) is 1.04. The molecule has 9 heteroatoms. The number of oxime groups is 1. The third-order valence-electron chi connectivity index (χ3n) is 2.24. The van der Waals surface area contributed by atoms with Gasteiger partial charge in [-0.25, -0.2) is 0 Å². The molecule has 0 aromatic heterocycles. The molecule has 0 aromatic rings. The van der Waals surface area contributed by atoms with Crippen LogP contribution in [0.3, 0.4) is 0 Å². The molecule has 0 aliphatic rings. The molecular weight excluding hydrogens is 268 g/mol. The van der Waals surface area contributed by atoms with Crippen molar-refractivity contribution < 1.29 is 19.3 Å². The van der Waals surface area contributed by atoms with E-state index < -0.39 is 22.7 Å². The predicted molar refractivity (Wildman–Crippen MR) is 72.9 cm³/mol. The lowest BCUT2D eigenvalue weighted by Crippen LogP contribution is -2.21. The summed E-state index contributed by atoms with van der Waals surface area (Å²) in [7, 11) is 1.37. The van der Waals surface area contributed by atoms with Gasteiger partial charge in [0.25, 0.3) is 0 Å². The number of nitrogens with zero attached hydrogens (tertiary/aromatic N) is 3. The van der Waals surface area contributed by atoms with E-state index in [-0.39, 0.29) is 18.7 Å². The highest BCUT2D eigenvalue weighted by Gasteiger charge is 2.18. The van der Waals surface area contributed by atoms with Gasteiger partial charge in [0, 0.05) is 13.8 Å². The van der Waals surface area contributed by atoms with Crippen molar-refractivity contribution in [1.29, 1.82) is 0 Å². The highest BCUT2D eigenvalue weighted by atomic mass is 16.6. The highest BCUT2D eigenvalue weighted by Crippen LogP contribution is 2.06. The molecule has 2 N–H and O–H groups in total. The average Bonchev–Trinajstić information content (AvgIpc) is 2.41. The van der Waals surface area contributed by atoms with Crippen molar-refractivity contribution in [3.63, 3.8) is 0 Å². The highest BCUT2D eigenvalue weighted by molar-refractivity contribution is 5.76. The van der Waals surface area contributed by atoms with Crippen LogP contribution in [0.5, 0.6) is 0 Å². The van der Waals surface area contributed by atoms with Gasteiger partial charge >= 0.3 is 11.7 Å². The summed E-state index contributed by atoms with van der Waals surface area (Å²) in [6.45, 7) is 4.57. The van der Waals surface area contributed by atoms with E-state index in [0.29, 0.717) is 6.42 Å². The van der Waals surface area contributed by atoms with Crippen LogP contribution in [0.4, 0.5) is 0 Å². The number of rotatable bonds is 9. The van der Waals surface area contributed by atoms with Crippen LogP contribution in [-0.4, -0.2) is 43.6 Å². The normalized spacial score (nSPS) is 13.5. The third-order valence-corrected chi connectivity index (χ3v) is 2.24. The first-order valence-corrected chi connectivity index (χ1v) is 5.78. The molecule has 0 amide bonds. The van der Waals surface area contributed by atoms with Crippen LogP contribution in [-0.2, 0) is 14.4 Å². The van der Waals surface area contributed by atoms with E-state index in [2.05, 4.69) is 16.9 Å². The van der Waals surface area contributed by atoms with Crippen LogP contribution in [0, 0.1) is 10.1 Å². The van der Waals surface area contributed by atoms with E-state index in [1.54, 1.807) is 6.92 Å². The quantitative estimate of drug-likeness (QED) is 0.284. The minimum absolute atomic E-state index is 0.0432. The maximum absolute atomic E-state index is 11.5. The van der Waals surface area contributed by atoms with E-state index in [1.165, 1.54) is 7.05 Å². The first-order valence-electron chi connectivity index (χ1n) is 5.78. The van der Waals surface area contributed by atoms with Crippen molar-refractivity contribution in [2.24, 2.45) is 15.9 Å². The van der Waals surface area contributed by atoms with Gasteiger partial charge in [0.15, 0.2) is 0 Å². The van der Waals surface area contributed by atoms with E-state index in [0.717, 1.165) is 6.21 Å². The van der Waals surface area contributed by atoms with Gasteiger partial charge in [-0.3, -0.25) is 19.9 Å². The lowest BCUT2D eigenvalue weighted by atomic mass is 10.2. The Hall–Kier alpha value is -2.45. The molecule has 0 aliphatic carbocycles. The largest absolute Gasteiger partial charge is 0.459 e. The first-order chi connectivity index (χ1) is 9.46. The molecule has 0 rings (SSSR count). The standard InChI is InChI=1S/C11H18N4O5/c1-4-8(20-14-3)5-11(16)19-7-9(12)10(6-13-2)15(17)18/h6,8H,3-5,7,12H2,1-2H3/b10-9-,13-6?. The number of nitro groups is 1. The summed E-state index contributed by atoms with van der Waals surface area (Å²) in [6, 6.07) is 0. The van der Waals surface area contributed by atoms with E-state index in [9.17, 15) is 14.9 Å². The average molecular weight is 286 g/mol. The van der Waals surface area contributed by atoms with E-state index >= 15 is 0 Å². The monoisotopic (exact) mass is 286 g/mol. The van der Waals surface area contributed by atoms with Gasteiger partial charge in [0.2, 0.25) is 0 Å². The number of ether oxygens (including phenoxy) is 1. The molecule has 0 saturated heterocycles. The van der Waals surface area contributed by atoms with Crippen molar-refractivity contribution in [2.45, 2.75) is 25.9 Å². The molecule has 1 atom stereocenters. The zero-order valence-electron chi connectivity index (χ0n) is 11.4.